The van der Waals surface area contributed by atoms with E-state index in [9.17, 15) is 4.79 Å². The summed E-state index contributed by atoms with van der Waals surface area (Å²) in [6.07, 6.45) is 2.07. The van der Waals surface area contributed by atoms with E-state index in [2.05, 4.69) is 54.3 Å². The number of hydrogen-bond acceptors (Lipinski definition) is 3. The van der Waals surface area contributed by atoms with Crippen LogP contribution in [0.2, 0.25) is 0 Å². The molecule has 0 aliphatic carbocycles. The number of rotatable bonds is 2. The van der Waals surface area contributed by atoms with Gasteiger partial charge in [0.15, 0.2) is 0 Å². The largest absolute Gasteiger partial charge is 0.310 e. The van der Waals surface area contributed by atoms with Crippen LogP contribution in [0.4, 0.5) is 5.69 Å². The van der Waals surface area contributed by atoms with Crippen LogP contribution in [0.1, 0.15) is 24.5 Å². The maximum Gasteiger partial charge on any atom is 0.241 e. The number of para-hydroxylation sites is 1. The molecule has 2 aliphatic heterocycles. The molecule has 4 rings (SSSR count). The molecule has 1 atom stereocenters. The Kier molecular flexibility index (Phi) is 4.82. The molecule has 2 aromatic rings. The van der Waals surface area contributed by atoms with Gasteiger partial charge in [-0.3, -0.25) is 9.69 Å². The molecule has 0 saturated heterocycles. The van der Waals surface area contributed by atoms with Gasteiger partial charge in [0.05, 0.1) is 12.2 Å². The minimum atomic E-state index is 0.224. The summed E-state index contributed by atoms with van der Waals surface area (Å²) >= 11 is 1.88. The highest BCUT2D eigenvalue weighted by molar-refractivity contribution is 8.00. The Labute approximate surface area is 154 Å². The van der Waals surface area contributed by atoms with Crippen LogP contribution in [0.3, 0.4) is 0 Å². The van der Waals surface area contributed by atoms with E-state index in [1.54, 1.807) is 0 Å². The summed E-state index contributed by atoms with van der Waals surface area (Å²) in [6.45, 7) is 5.40. The SMILES string of the molecule is CC1CCN(C(=O)CN2CCc3ccccc3C2)c2ccccc2S1. The third kappa shape index (κ3) is 3.60. The predicted octanol–water partition coefficient (Wildman–Crippen LogP) is 3.96. The normalized spacial score (nSPS) is 20.5. The number of thioether (sulfide) groups is 1. The van der Waals surface area contributed by atoms with Crippen LogP contribution in [0.15, 0.2) is 53.4 Å². The fourth-order valence-electron chi connectivity index (χ4n) is 3.71. The van der Waals surface area contributed by atoms with Gasteiger partial charge in [-0.1, -0.05) is 43.3 Å². The summed E-state index contributed by atoms with van der Waals surface area (Å²) in [5.74, 6) is 0.224. The van der Waals surface area contributed by atoms with Crippen molar-refractivity contribution in [1.82, 2.24) is 4.90 Å². The number of fused-ring (bicyclic) bond motifs is 2. The lowest BCUT2D eigenvalue weighted by atomic mass is 10.00. The maximum atomic E-state index is 13.1. The Morgan fingerprint density at radius 1 is 1.08 bits per heavy atom. The summed E-state index contributed by atoms with van der Waals surface area (Å²) in [5, 5.41) is 0.542. The zero-order chi connectivity index (χ0) is 17.2. The topological polar surface area (TPSA) is 23.6 Å². The van der Waals surface area contributed by atoms with Crippen molar-refractivity contribution in [2.45, 2.75) is 36.5 Å². The fourth-order valence-corrected chi connectivity index (χ4v) is 4.82. The van der Waals surface area contributed by atoms with E-state index < -0.39 is 0 Å². The molecule has 4 heteroatoms. The van der Waals surface area contributed by atoms with Crippen LogP contribution >= 0.6 is 11.8 Å². The monoisotopic (exact) mass is 352 g/mol. The van der Waals surface area contributed by atoms with Crippen molar-refractivity contribution in [3.05, 3.63) is 59.7 Å². The molecule has 2 aromatic carbocycles. The smallest absolute Gasteiger partial charge is 0.241 e. The summed E-state index contributed by atoms with van der Waals surface area (Å²) in [5.41, 5.74) is 3.87. The highest BCUT2D eigenvalue weighted by atomic mass is 32.2. The maximum absolute atomic E-state index is 13.1. The van der Waals surface area contributed by atoms with Gasteiger partial charge in [0.1, 0.15) is 0 Å². The second-order valence-electron chi connectivity index (χ2n) is 6.96. The van der Waals surface area contributed by atoms with Crippen LogP contribution in [-0.4, -0.2) is 35.7 Å². The molecule has 1 unspecified atom stereocenters. The van der Waals surface area contributed by atoms with Gasteiger partial charge in [-0.25, -0.2) is 0 Å². The van der Waals surface area contributed by atoms with Gasteiger partial charge in [0, 0.05) is 29.8 Å². The summed E-state index contributed by atoms with van der Waals surface area (Å²) < 4.78 is 0. The van der Waals surface area contributed by atoms with E-state index in [-0.39, 0.29) is 5.91 Å². The Hall–Kier alpha value is -1.78. The summed E-state index contributed by atoms with van der Waals surface area (Å²) in [4.78, 5) is 18.6. The Morgan fingerprint density at radius 3 is 2.72 bits per heavy atom. The second kappa shape index (κ2) is 7.22. The summed E-state index contributed by atoms with van der Waals surface area (Å²) in [7, 11) is 0. The third-order valence-corrected chi connectivity index (χ3v) is 6.35. The average molecular weight is 353 g/mol. The van der Waals surface area contributed by atoms with E-state index in [1.807, 2.05) is 22.7 Å². The van der Waals surface area contributed by atoms with Gasteiger partial charge in [-0.05, 0) is 36.1 Å². The molecule has 1 amide bonds. The molecule has 25 heavy (non-hydrogen) atoms. The second-order valence-corrected chi connectivity index (χ2v) is 8.44. The van der Waals surface area contributed by atoms with Gasteiger partial charge in [0.2, 0.25) is 5.91 Å². The number of hydrogen-bond donors (Lipinski definition) is 0. The molecule has 3 nitrogen and oxygen atoms in total. The fraction of sp³-hybridized carbons (Fsp3) is 0.381. The first-order valence-corrected chi connectivity index (χ1v) is 9.94. The minimum absolute atomic E-state index is 0.224. The van der Waals surface area contributed by atoms with Crippen LogP contribution in [-0.2, 0) is 17.8 Å². The van der Waals surface area contributed by atoms with Crippen molar-refractivity contribution >= 4 is 23.4 Å². The van der Waals surface area contributed by atoms with Gasteiger partial charge < -0.3 is 4.90 Å². The highest BCUT2D eigenvalue weighted by Gasteiger charge is 2.26. The number of nitrogens with zero attached hydrogens (tertiary/aromatic N) is 2. The molecule has 0 N–H and O–H groups in total. The molecule has 0 aromatic heterocycles. The van der Waals surface area contributed by atoms with Crippen LogP contribution in [0, 0.1) is 0 Å². The zero-order valence-electron chi connectivity index (χ0n) is 14.6. The molecule has 2 heterocycles. The molecular weight excluding hydrogens is 328 g/mol. The highest BCUT2D eigenvalue weighted by Crippen LogP contribution is 2.37. The van der Waals surface area contributed by atoms with E-state index in [4.69, 9.17) is 0 Å². The van der Waals surface area contributed by atoms with Crippen LogP contribution < -0.4 is 4.90 Å². The quantitative estimate of drug-likeness (QED) is 0.817. The number of anilines is 1. The first kappa shape index (κ1) is 16.7. The minimum Gasteiger partial charge on any atom is -0.310 e. The molecule has 0 bridgehead atoms. The molecule has 2 aliphatic rings. The van der Waals surface area contributed by atoms with Crippen molar-refractivity contribution in [3.63, 3.8) is 0 Å². The van der Waals surface area contributed by atoms with Crippen molar-refractivity contribution in [2.24, 2.45) is 0 Å². The molecular formula is C21H24N2OS. The van der Waals surface area contributed by atoms with Gasteiger partial charge in [0.25, 0.3) is 0 Å². The molecule has 0 radical (unpaired) electrons. The third-order valence-electron chi connectivity index (χ3n) is 5.11. The van der Waals surface area contributed by atoms with Gasteiger partial charge in [-0.2, -0.15) is 0 Å². The molecule has 0 fully saturated rings. The Balaban J connectivity index is 1.50. The zero-order valence-corrected chi connectivity index (χ0v) is 15.5. The number of carbonyl (C=O) groups excluding carboxylic acids is 1. The van der Waals surface area contributed by atoms with Crippen LogP contribution in [0.25, 0.3) is 0 Å². The molecule has 0 saturated carbocycles. The van der Waals surface area contributed by atoms with E-state index in [1.165, 1.54) is 16.0 Å². The number of benzene rings is 2. The number of amides is 1. The number of carbonyl (C=O) groups is 1. The summed E-state index contributed by atoms with van der Waals surface area (Å²) in [6, 6.07) is 16.9. The van der Waals surface area contributed by atoms with E-state index >= 15 is 0 Å². The first-order chi connectivity index (χ1) is 12.2. The first-order valence-electron chi connectivity index (χ1n) is 9.06. The van der Waals surface area contributed by atoms with Gasteiger partial charge >= 0.3 is 0 Å². The lowest BCUT2D eigenvalue weighted by Gasteiger charge is -2.31. The van der Waals surface area contributed by atoms with Crippen molar-refractivity contribution < 1.29 is 4.79 Å². The average Bonchev–Trinajstić information content (AvgIpc) is 2.80. The van der Waals surface area contributed by atoms with Gasteiger partial charge in [-0.15, -0.1) is 11.8 Å². The van der Waals surface area contributed by atoms with Crippen molar-refractivity contribution in [2.75, 3.05) is 24.5 Å². The van der Waals surface area contributed by atoms with E-state index in [0.29, 0.717) is 11.8 Å². The van der Waals surface area contributed by atoms with Crippen molar-refractivity contribution in [1.29, 1.82) is 0 Å². The Morgan fingerprint density at radius 2 is 1.84 bits per heavy atom. The standard InChI is InChI=1S/C21H24N2OS/c1-16-10-13-23(19-8-4-5-9-20(19)25-16)21(24)15-22-12-11-17-6-2-3-7-18(17)14-22/h2-9,16H,10-15H2,1H3. The predicted molar refractivity (Wildman–Crippen MR) is 104 cm³/mol. The van der Waals surface area contributed by atoms with Crippen molar-refractivity contribution in [3.8, 4) is 0 Å². The Bertz CT molecular complexity index is 776. The van der Waals surface area contributed by atoms with Crippen LogP contribution in [0.5, 0.6) is 0 Å². The lowest BCUT2D eigenvalue weighted by Crippen LogP contribution is -2.42. The molecule has 130 valence electrons. The van der Waals surface area contributed by atoms with E-state index in [0.717, 1.165) is 38.2 Å². The lowest BCUT2D eigenvalue weighted by molar-refractivity contribution is -0.120. The molecule has 0 spiro atoms.